The number of aromatic amines is 1. The maximum Gasteiger partial charge on any atom is 0.357 e. The van der Waals surface area contributed by atoms with E-state index >= 15 is 0 Å². The molecule has 2 N–H and O–H groups in total. The maximum atomic E-state index is 11.2. The maximum absolute atomic E-state index is 11.2. The Kier molecular flexibility index (Phi) is 2.24. The van der Waals surface area contributed by atoms with E-state index in [1.54, 1.807) is 6.20 Å². The van der Waals surface area contributed by atoms with Crippen molar-refractivity contribution in [2.45, 2.75) is 25.8 Å². The van der Waals surface area contributed by atoms with Gasteiger partial charge in [-0.05, 0) is 31.4 Å². The number of rotatable bonds is 2. The van der Waals surface area contributed by atoms with Crippen LogP contribution < -0.4 is 0 Å². The second-order valence-electron chi connectivity index (χ2n) is 4.24. The Labute approximate surface area is 98.1 Å². The molecular weight excluding hydrogens is 218 g/mol. The molecule has 0 spiro atoms. The van der Waals surface area contributed by atoms with E-state index in [1.165, 1.54) is 0 Å². The molecule has 0 aliphatic carbocycles. The van der Waals surface area contributed by atoms with E-state index in [0.717, 1.165) is 42.8 Å². The lowest BCUT2D eigenvalue weighted by molar-refractivity contribution is 0.0690. The lowest BCUT2D eigenvalue weighted by atomic mass is 10.0. The molecule has 88 valence electrons. The van der Waals surface area contributed by atoms with Gasteiger partial charge in [0.05, 0.1) is 5.56 Å². The van der Waals surface area contributed by atoms with Crippen molar-refractivity contribution >= 4 is 5.97 Å². The van der Waals surface area contributed by atoms with Gasteiger partial charge in [0.1, 0.15) is 0 Å². The molecule has 0 saturated heterocycles. The average molecular weight is 231 g/mol. The van der Waals surface area contributed by atoms with Crippen LogP contribution in [0.1, 0.15) is 29.0 Å². The highest BCUT2D eigenvalue weighted by molar-refractivity contribution is 5.94. The Balaban J connectivity index is 2.23. The predicted octanol–water partition coefficient (Wildman–Crippen LogP) is 1.91. The van der Waals surface area contributed by atoms with E-state index in [2.05, 4.69) is 10.1 Å². The van der Waals surface area contributed by atoms with Crippen molar-refractivity contribution in [2.24, 2.45) is 0 Å². The first-order valence-corrected chi connectivity index (χ1v) is 5.74. The van der Waals surface area contributed by atoms with Crippen LogP contribution in [0.25, 0.3) is 11.3 Å². The normalized spacial score (nSPS) is 14.6. The number of carboxylic acid groups (broad SMARTS) is 1. The molecule has 5 heteroatoms. The molecular formula is C12H13N3O2. The summed E-state index contributed by atoms with van der Waals surface area (Å²) in [5.41, 5.74) is 2.79. The second kappa shape index (κ2) is 3.76. The van der Waals surface area contributed by atoms with Crippen molar-refractivity contribution < 1.29 is 9.90 Å². The van der Waals surface area contributed by atoms with Gasteiger partial charge in [0.15, 0.2) is 5.69 Å². The van der Waals surface area contributed by atoms with Crippen molar-refractivity contribution in [1.82, 2.24) is 14.8 Å². The monoisotopic (exact) mass is 231 g/mol. The Hall–Kier alpha value is -2.04. The third-order valence-electron chi connectivity index (χ3n) is 3.16. The number of H-pyrrole nitrogens is 1. The number of aromatic nitrogens is 3. The van der Waals surface area contributed by atoms with Crippen molar-refractivity contribution in [3.8, 4) is 11.3 Å². The summed E-state index contributed by atoms with van der Waals surface area (Å²) in [7, 11) is 0. The molecule has 17 heavy (non-hydrogen) atoms. The Morgan fingerprint density at radius 1 is 1.47 bits per heavy atom. The van der Waals surface area contributed by atoms with Crippen LogP contribution in [-0.4, -0.2) is 25.8 Å². The van der Waals surface area contributed by atoms with E-state index < -0.39 is 5.97 Å². The molecule has 1 aliphatic heterocycles. The van der Waals surface area contributed by atoms with Crippen LogP contribution in [0.15, 0.2) is 18.3 Å². The van der Waals surface area contributed by atoms with Gasteiger partial charge in [-0.25, -0.2) is 4.79 Å². The molecule has 3 rings (SSSR count). The van der Waals surface area contributed by atoms with Gasteiger partial charge in [-0.2, -0.15) is 5.10 Å². The molecule has 0 aromatic carbocycles. The number of carboxylic acids is 1. The largest absolute Gasteiger partial charge is 0.476 e. The van der Waals surface area contributed by atoms with Crippen molar-refractivity contribution in [2.75, 3.05) is 0 Å². The summed E-state index contributed by atoms with van der Waals surface area (Å²) < 4.78 is 1.84. The second-order valence-corrected chi connectivity index (χ2v) is 4.24. The minimum atomic E-state index is -0.962. The van der Waals surface area contributed by atoms with E-state index in [4.69, 9.17) is 0 Å². The Bertz CT molecular complexity index is 555. The molecule has 0 atom stereocenters. The third-order valence-corrected chi connectivity index (χ3v) is 3.16. The first-order chi connectivity index (χ1) is 8.27. The highest BCUT2D eigenvalue weighted by Crippen LogP contribution is 2.30. The van der Waals surface area contributed by atoms with Gasteiger partial charge < -0.3 is 10.1 Å². The summed E-state index contributed by atoms with van der Waals surface area (Å²) in [5.74, 6) is -0.962. The van der Waals surface area contributed by atoms with Crippen LogP contribution >= 0.6 is 0 Å². The fourth-order valence-corrected chi connectivity index (χ4v) is 2.41. The lowest BCUT2D eigenvalue weighted by Gasteiger charge is -2.13. The van der Waals surface area contributed by atoms with Crippen LogP contribution in [-0.2, 0) is 13.0 Å². The van der Waals surface area contributed by atoms with Crippen LogP contribution in [0.5, 0.6) is 0 Å². The molecule has 0 saturated carbocycles. The van der Waals surface area contributed by atoms with Crippen LogP contribution in [0.2, 0.25) is 0 Å². The van der Waals surface area contributed by atoms with E-state index in [9.17, 15) is 9.90 Å². The van der Waals surface area contributed by atoms with Crippen LogP contribution in [0.4, 0.5) is 0 Å². The average Bonchev–Trinajstić information content (AvgIpc) is 2.94. The van der Waals surface area contributed by atoms with E-state index in [-0.39, 0.29) is 5.69 Å². The molecule has 0 fully saturated rings. The Morgan fingerprint density at radius 2 is 2.35 bits per heavy atom. The van der Waals surface area contributed by atoms with Crippen LogP contribution in [0, 0.1) is 0 Å². The minimum absolute atomic E-state index is 0.157. The number of aryl methyl sites for hydroxylation is 1. The predicted molar refractivity (Wildman–Crippen MR) is 61.9 cm³/mol. The van der Waals surface area contributed by atoms with Crippen molar-refractivity contribution in [1.29, 1.82) is 0 Å². The Morgan fingerprint density at radius 3 is 3.06 bits per heavy atom. The van der Waals surface area contributed by atoms with Crippen molar-refractivity contribution in [3.63, 3.8) is 0 Å². The number of hydrogen-bond acceptors (Lipinski definition) is 2. The molecule has 1 aliphatic rings. The molecule has 0 bridgehead atoms. The molecule has 5 nitrogen and oxygen atoms in total. The van der Waals surface area contributed by atoms with E-state index in [1.807, 2.05) is 16.8 Å². The number of carbonyl (C=O) groups is 1. The summed E-state index contributed by atoms with van der Waals surface area (Å²) in [6, 6.07) is 3.76. The number of nitrogens with zero attached hydrogens (tertiary/aromatic N) is 2. The molecule has 2 aromatic rings. The summed E-state index contributed by atoms with van der Waals surface area (Å²) in [5, 5.41) is 13.4. The van der Waals surface area contributed by atoms with Gasteiger partial charge in [-0.3, -0.25) is 4.68 Å². The summed E-state index contributed by atoms with van der Waals surface area (Å²) in [6.07, 6.45) is 4.86. The minimum Gasteiger partial charge on any atom is -0.476 e. The van der Waals surface area contributed by atoms with Gasteiger partial charge in [0.25, 0.3) is 0 Å². The molecule has 0 amide bonds. The van der Waals surface area contributed by atoms with Gasteiger partial charge >= 0.3 is 5.97 Å². The lowest BCUT2D eigenvalue weighted by Crippen LogP contribution is -2.11. The quantitative estimate of drug-likeness (QED) is 0.829. The summed E-state index contributed by atoms with van der Waals surface area (Å²) in [6.45, 7) is 0.816. The molecule has 2 aromatic heterocycles. The highest BCUT2D eigenvalue weighted by atomic mass is 16.4. The topological polar surface area (TPSA) is 70.9 Å². The molecule has 0 unspecified atom stereocenters. The fraction of sp³-hybridized carbons (Fsp3) is 0.333. The molecule has 3 heterocycles. The smallest absolute Gasteiger partial charge is 0.357 e. The number of hydrogen-bond donors (Lipinski definition) is 2. The first kappa shape index (κ1) is 10.1. The van der Waals surface area contributed by atoms with Gasteiger partial charge in [-0.1, -0.05) is 0 Å². The first-order valence-electron chi connectivity index (χ1n) is 5.74. The van der Waals surface area contributed by atoms with Gasteiger partial charge in [0.2, 0.25) is 0 Å². The van der Waals surface area contributed by atoms with Gasteiger partial charge in [0, 0.05) is 24.1 Å². The fourth-order valence-electron chi connectivity index (χ4n) is 2.41. The number of aromatic carboxylic acids is 1. The summed E-state index contributed by atoms with van der Waals surface area (Å²) >= 11 is 0. The third kappa shape index (κ3) is 1.54. The molecule has 0 radical (unpaired) electrons. The zero-order valence-corrected chi connectivity index (χ0v) is 9.31. The zero-order valence-electron chi connectivity index (χ0n) is 9.31. The SMILES string of the molecule is O=C(O)c1nn2c(c1-c1ccc[nH]1)CCCC2. The highest BCUT2D eigenvalue weighted by Gasteiger charge is 2.25. The number of fused-ring (bicyclic) bond motifs is 1. The van der Waals surface area contributed by atoms with E-state index in [0.29, 0.717) is 0 Å². The van der Waals surface area contributed by atoms with Crippen molar-refractivity contribution in [3.05, 3.63) is 29.7 Å². The standard InChI is InChI=1S/C12H13N3O2/c16-12(17)11-10(8-4-3-6-13-8)9-5-1-2-7-15(9)14-11/h3-4,6,13H,1-2,5,7H2,(H,16,17). The number of nitrogens with one attached hydrogen (secondary N) is 1. The zero-order chi connectivity index (χ0) is 11.8. The van der Waals surface area contributed by atoms with Crippen LogP contribution in [0.3, 0.4) is 0 Å². The summed E-state index contributed by atoms with van der Waals surface area (Å²) in [4.78, 5) is 14.3. The van der Waals surface area contributed by atoms with Gasteiger partial charge in [-0.15, -0.1) is 0 Å².